The van der Waals surface area contributed by atoms with Gasteiger partial charge in [0.15, 0.2) is 0 Å². The second-order valence-corrected chi connectivity index (χ2v) is 6.82. The Morgan fingerprint density at radius 3 is 2.20 bits per heavy atom. The highest BCUT2D eigenvalue weighted by atomic mass is 16.5. The molecule has 0 fully saturated rings. The maximum atomic E-state index is 12.6. The molecule has 152 valence electrons. The minimum absolute atomic E-state index is 0.252. The number of primary amides is 1. The van der Waals surface area contributed by atoms with Crippen LogP contribution in [-0.2, 0) is 16.0 Å². The van der Waals surface area contributed by atoms with Crippen LogP contribution < -0.4 is 15.8 Å². The lowest BCUT2D eigenvalue weighted by molar-refractivity contribution is -0.131. The van der Waals surface area contributed by atoms with Gasteiger partial charge in [-0.3, -0.25) is 14.4 Å². The van der Waals surface area contributed by atoms with Gasteiger partial charge >= 0.3 is 5.97 Å². The summed E-state index contributed by atoms with van der Waals surface area (Å²) in [6.07, 6.45) is 0.264. The summed E-state index contributed by atoms with van der Waals surface area (Å²) in [5, 5.41) is 2.65. The molecular weight excluding hydrogens is 380 g/mol. The Labute approximate surface area is 174 Å². The zero-order chi connectivity index (χ0) is 21.5. The van der Waals surface area contributed by atoms with Gasteiger partial charge in [0.05, 0.1) is 0 Å². The van der Waals surface area contributed by atoms with Crippen molar-refractivity contribution in [1.29, 1.82) is 0 Å². The van der Waals surface area contributed by atoms with Crippen LogP contribution in [0, 0.1) is 0 Å². The lowest BCUT2D eigenvalue weighted by atomic mass is 10.00. The molecule has 1 atom stereocenters. The van der Waals surface area contributed by atoms with E-state index in [-0.39, 0.29) is 17.7 Å². The van der Waals surface area contributed by atoms with Gasteiger partial charge in [-0.2, -0.15) is 0 Å². The topological polar surface area (TPSA) is 98.5 Å². The first-order chi connectivity index (χ1) is 14.4. The van der Waals surface area contributed by atoms with Gasteiger partial charge in [0.25, 0.3) is 5.91 Å². The van der Waals surface area contributed by atoms with Gasteiger partial charge in [-0.15, -0.1) is 0 Å². The monoisotopic (exact) mass is 402 g/mol. The fourth-order valence-corrected chi connectivity index (χ4v) is 3.03. The van der Waals surface area contributed by atoms with Crippen LogP contribution in [0.2, 0.25) is 0 Å². The van der Waals surface area contributed by atoms with Gasteiger partial charge < -0.3 is 15.8 Å². The normalized spacial score (nSPS) is 11.4. The van der Waals surface area contributed by atoms with E-state index >= 15 is 0 Å². The summed E-state index contributed by atoms with van der Waals surface area (Å²) >= 11 is 0. The third kappa shape index (κ3) is 5.54. The van der Waals surface area contributed by atoms with Gasteiger partial charge in [-0.25, -0.2) is 0 Å². The molecule has 6 nitrogen and oxygen atoms in total. The summed E-state index contributed by atoms with van der Waals surface area (Å²) in [7, 11) is 0. The van der Waals surface area contributed by atoms with Crippen molar-refractivity contribution in [2.45, 2.75) is 19.4 Å². The maximum absolute atomic E-state index is 12.6. The number of nitrogens with two attached hydrogens (primary N) is 1. The van der Waals surface area contributed by atoms with Crippen molar-refractivity contribution in [3.8, 4) is 16.9 Å². The second-order valence-electron chi connectivity index (χ2n) is 6.82. The Morgan fingerprint density at radius 1 is 0.900 bits per heavy atom. The number of esters is 1. The molecule has 0 aromatic heterocycles. The van der Waals surface area contributed by atoms with Crippen molar-refractivity contribution in [2.75, 3.05) is 0 Å². The van der Waals surface area contributed by atoms with E-state index in [9.17, 15) is 14.4 Å². The summed E-state index contributed by atoms with van der Waals surface area (Å²) in [6.45, 7) is 1.28. The van der Waals surface area contributed by atoms with Crippen LogP contribution in [0.1, 0.15) is 22.8 Å². The van der Waals surface area contributed by atoms with Crippen LogP contribution in [0.3, 0.4) is 0 Å². The summed E-state index contributed by atoms with van der Waals surface area (Å²) in [6, 6.07) is 23.0. The zero-order valence-electron chi connectivity index (χ0n) is 16.5. The number of nitrogens with one attached hydrogen (secondary N) is 1. The minimum atomic E-state index is -0.877. The van der Waals surface area contributed by atoms with E-state index in [1.165, 1.54) is 13.0 Å². The summed E-state index contributed by atoms with van der Waals surface area (Å²) in [5.74, 6) is -1.34. The van der Waals surface area contributed by atoms with Crippen molar-refractivity contribution in [3.05, 3.63) is 90.0 Å². The number of carbonyl (C=O) groups excluding carboxylic acids is 3. The highest BCUT2D eigenvalue weighted by molar-refractivity contribution is 5.97. The van der Waals surface area contributed by atoms with Crippen molar-refractivity contribution in [1.82, 2.24) is 5.32 Å². The predicted molar refractivity (Wildman–Crippen MR) is 114 cm³/mol. The molecule has 0 radical (unpaired) electrons. The van der Waals surface area contributed by atoms with Crippen molar-refractivity contribution in [3.63, 3.8) is 0 Å². The van der Waals surface area contributed by atoms with E-state index in [1.807, 2.05) is 54.6 Å². The third-order valence-corrected chi connectivity index (χ3v) is 4.51. The van der Waals surface area contributed by atoms with Crippen LogP contribution in [0.5, 0.6) is 5.75 Å². The fraction of sp³-hybridized carbons (Fsp3) is 0.125. The molecule has 3 N–H and O–H groups in total. The summed E-state index contributed by atoms with van der Waals surface area (Å²) in [4.78, 5) is 35.6. The number of hydrogen-bond acceptors (Lipinski definition) is 4. The number of benzene rings is 3. The molecular formula is C24H22N2O4. The molecule has 0 saturated heterocycles. The fourth-order valence-electron chi connectivity index (χ4n) is 3.03. The molecule has 0 unspecified atom stereocenters. The van der Waals surface area contributed by atoms with Crippen molar-refractivity contribution >= 4 is 17.8 Å². The molecule has 0 aliphatic heterocycles. The van der Waals surface area contributed by atoms with Gasteiger partial charge in [-0.05, 0) is 34.9 Å². The van der Waals surface area contributed by atoms with Gasteiger partial charge in [0.1, 0.15) is 11.8 Å². The number of ether oxygens (including phenoxy) is 1. The number of rotatable bonds is 7. The van der Waals surface area contributed by atoms with E-state index < -0.39 is 23.8 Å². The van der Waals surface area contributed by atoms with Gasteiger partial charge in [0, 0.05) is 18.9 Å². The Bertz CT molecular complexity index is 1050. The Balaban J connectivity index is 1.70. The molecule has 3 aromatic carbocycles. The summed E-state index contributed by atoms with van der Waals surface area (Å²) < 4.78 is 4.99. The third-order valence-electron chi connectivity index (χ3n) is 4.51. The summed E-state index contributed by atoms with van der Waals surface area (Å²) in [5.41, 5.74) is 8.79. The molecule has 6 heteroatoms. The molecule has 2 amide bonds. The first kappa shape index (κ1) is 20.8. The highest BCUT2D eigenvalue weighted by Gasteiger charge is 2.20. The van der Waals surface area contributed by atoms with Crippen LogP contribution in [0.15, 0.2) is 78.9 Å². The predicted octanol–water partition coefficient (Wildman–Crippen LogP) is 3.11. The van der Waals surface area contributed by atoms with Crippen LogP contribution in [0.25, 0.3) is 11.1 Å². The zero-order valence-corrected chi connectivity index (χ0v) is 16.5. The van der Waals surface area contributed by atoms with Crippen LogP contribution in [0.4, 0.5) is 0 Å². The molecule has 0 saturated carbocycles. The van der Waals surface area contributed by atoms with Crippen molar-refractivity contribution < 1.29 is 19.1 Å². The molecule has 3 aromatic rings. The Morgan fingerprint density at radius 2 is 1.57 bits per heavy atom. The van der Waals surface area contributed by atoms with Gasteiger partial charge in [-0.1, -0.05) is 60.7 Å². The molecule has 30 heavy (non-hydrogen) atoms. The quantitative estimate of drug-likeness (QED) is 0.469. The SMILES string of the molecule is CC(=O)Oc1cccc(C(=O)N[C@@H](Cc2ccc(-c3ccccc3)cc2)C(N)=O)c1. The number of carbonyl (C=O) groups is 3. The van der Waals surface area contributed by atoms with Crippen LogP contribution in [-0.4, -0.2) is 23.8 Å². The molecule has 0 aliphatic rings. The highest BCUT2D eigenvalue weighted by Crippen LogP contribution is 2.20. The average Bonchev–Trinajstić information content (AvgIpc) is 2.74. The molecule has 0 spiro atoms. The molecule has 0 heterocycles. The first-order valence-corrected chi connectivity index (χ1v) is 9.45. The van der Waals surface area contributed by atoms with E-state index in [1.54, 1.807) is 18.2 Å². The molecule has 3 rings (SSSR count). The standard InChI is InChI=1S/C24H22N2O4/c1-16(27)30-21-9-5-8-20(15-21)24(29)26-22(23(25)28)14-17-10-12-19(13-11-17)18-6-3-2-4-7-18/h2-13,15,22H,14H2,1H3,(H2,25,28)(H,26,29)/t22-/m0/s1. The Hall–Kier alpha value is -3.93. The number of amides is 2. The van der Waals surface area contributed by atoms with E-state index in [0.29, 0.717) is 0 Å². The number of hydrogen-bond donors (Lipinski definition) is 2. The molecule has 0 bridgehead atoms. The van der Waals surface area contributed by atoms with Gasteiger partial charge in [0.2, 0.25) is 5.91 Å². The largest absolute Gasteiger partial charge is 0.427 e. The Kier molecular flexibility index (Phi) is 6.60. The second kappa shape index (κ2) is 9.52. The average molecular weight is 402 g/mol. The lowest BCUT2D eigenvalue weighted by Crippen LogP contribution is -2.45. The maximum Gasteiger partial charge on any atom is 0.308 e. The molecule has 0 aliphatic carbocycles. The smallest absolute Gasteiger partial charge is 0.308 e. The van der Waals surface area contributed by atoms with Crippen LogP contribution >= 0.6 is 0 Å². The van der Waals surface area contributed by atoms with Crippen molar-refractivity contribution in [2.24, 2.45) is 5.73 Å². The lowest BCUT2D eigenvalue weighted by Gasteiger charge is -2.16. The van der Waals surface area contributed by atoms with E-state index in [4.69, 9.17) is 10.5 Å². The van der Waals surface area contributed by atoms with E-state index in [2.05, 4.69) is 5.32 Å². The first-order valence-electron chi connectivity index (χ1n) is 9.45. The van der Waals surface area contributed by atoms with E-state index in [0.717, 1.165) is 16.7 Å². The minimum Gasteiger partial charge on any atom is -0.427 e.